The van der Waals surface area contributed by atoms with Gasteiger partial charge in [-0.05, 0) is 37.6 Å². The van der Waals surface area contributed by atoms with E-state index in [-0.39, 0.29) is 17.0 Å². The minimum absolute atomic E-state index is 0.00136. The minimum atomic E-state index is -0.564. The highest BCUT2D eigenvalue weighted by Crippen LogP contribution is 2.33. The highest BCUT2D eigenvalue weighted by Gasteiger charge is 2.16. The van der Waals surface area contributed by atoms with Crippen LogP contribution in [0.1, 0.15) is 16.7 Å². The second kappa shape index (κ2) is 5.88. The molecule has 0 spiro atoms. The number of aryl methyl sites for hydroxylation is 2. The lowest BCUT2D eigenvalue weighted by atomic mass is 10.1. The van der Waals surface area contributed by atoms with Crippen molar-refractivity contribution in [2.75, 3.05) is 0 Å². The van der Waals surface area contributed by atoms with E-state index in [1.54, 1.807) is 13.8 Å². The highest BCUT2D eigenvalue weighted by molar-refractivity contribution is 5.51. The van der Waals surface area contributed by atoms with Crippen LogP contribution in [-0.4, -0.2) is 10.0 Å². The molecule has 0 unspecified atom stereocenters. The number of halogens is 1. The summed E-state index contributed by atoms with van der Waals surface area (Å²) < 4.78 is 19.2. The molecule has 0 saturated carbocycles. The summed E-state index contributed by atoms with van der Waals surface area (Å²) >= 11 is 0. The quantitative estimate of drug-likeness (QED) is 0.689. The SMILES string of the molecule is Cc1cc([N+](=O)[O-])c(C)cc1Oc1cccc(F)c1CO. The van der Waals surface area contributed by atoms with E-state index in [0.29, 0.717) is 16.9 Å². The number of rotatable bonds is 4. The molecule has 0 amide bonds. The van der Waals surface area contributed by atoms with Crippen LogP contribution in [0.2, 0.25) is 0 Å². The lowest BCUT2D eigenvalue weighted by Crippen LogP contribution is -1.98. The predicted octanol–water partition coefficient (Wildman–Crippen LogP) is 3.64. The summed E-state index contributed by atoms with van der Waals surface area (Å²) in [4.78, 5) is 10.4. The molecule has 0 radical (unpaired) electrons. The van der Waals surface area contributed by atoms with Crippen molar-refractivity contribution in [3.8, 4) is 11.5 Å². The van der Waals surface area contributed by atoms with Crippen LogP contribution in [0.3, 0.4) is 0 Å². The number of benzene rings is 2. The maximum atomic E-state index is 13.6. The van der Waals surface area contributed by atoms with Crippen LogP contribution in [0.25, 0.3) is 0 Å². The Balaban J connectivity index is 2.43. The van der Waals surface area contributed by atoms with Crippen LogP contribution in [0, 0.1) is 29.8 Å². The van der Waals surface area contributed by atoms with Crippen LogP contribution >= 0.6 is 0 Å². The van der Waals surface area contributed by atoms with Crippen molar-refractivity contribution in [3.05, 3.63) is 63.0 Å². The van der Waals surface area contributed by atoms with Crippen LogP contribution in [0.15, 0.2) is 30.3 Å². The molecule has 0 aliphatic carbocycles. The summed E-state index contributed by atoms with van der Waals surface area (Å²) in [6.45, 7) is 2.77. The fraction of sp³-hybridized carbons (Fsp3) is 0.200. The molecule has 0 bridgehead atoms. The zero-order chi connectivity index (χ0) is 15.6. The molecule has 2 rings (SSSR count). The fourth-order valence-corrected chi connectivity index (χ4v) is 1.99. The lowest BCUT2D eigenvalue weighted by Gasteiger charge is -2.13. The summed E-state index contributed by atoms with van der Waals surface area (Å²) in [6.07, 6.45) is 0. The van der Waals surface area contributed by atoms with E-state index in [4.69, 9.17) is 4.74 Å². The average molecular weight is 291 g/mol. The molecule has 5 nitrogen and oxygen atoms in total. The molecule has 110 valence electrons. The monoisotopic (exact) mass is 291 g/mol. The fourth-order valence-electron chi connectivity index (χ4n) is 1.99. The first kappa shape index (κ1) is 14.9. The van der Waals surface area contributed by atoms with E-state index < -0.39 is 17.3 Å². The minimum Gasteiger partial charge on any atom is -0.457 e. The number of hydrogen-bond acceptors (Lipinski definition) is 4. The summed E-state index contributed by atoms with van der Waals surface area (Å²) in [5.41, 5.74) is 1.05. The van der Waals surface area contributed by atoms with Gasteiger partial charge in [-0.3, -0.25) is 10.1 Å². The molecule has 21 heavy (non-hydrogen) atoms. The summed E-state index contributed by atoms with van der Waals surface area (Å²) in [5, 5.41) is 20.1. The molecule has 0 aliphatic heterocycles. The highest BCUT2D eigenvalue weighted by atomic mass is 19.1. The first-order valence-corrected chi connectivity index (χ1v) is 6.25. The molecule has 0 saturated heterocycles. The van der Waals surface area contributed by atoms with Crippen LogP contribution in [0.5, 0.6) is 11.5 Å². The maximum absolute atomic E-state index is 13.6. The molecule has 6 heteroatoms. The van der Waals surface area contributed by atoms with Crippen molar-refractivity contribution in [1.82, 2.24) is 0 Å². The topological polar surface area (TPSA) is 72.6 Å². The normalized spacial score (nSPS) is 10.5. The Kier molecular flexibility index (Phi) is 4.18. The standard InChI is InChI=1S/C15H14FNO4/c1-9-7-15(10(2)6-13(9)17(19)20)21-14-5-3-4-12(16)11(14)8-18/h3-7,18H,8H2,1-2H3. The molecule has 0 atom stereocenters. The molecule has 0 heterocycles. The van der Waals surface area contributed by atoms with Gasteiger partial charge in [-0.15, -0.1) is 0 Å². The smallest absolute Gasteiger partial charge is 0.272 e. The Morgan fingerprint density at radius 2 is 1.95 bits per heavy atom. The first-order valence-electron chi connectivity index (χ1n) is 6.25. The average Bonchev–Trinajstić information content (AvgIpc) is 2.42. The third kappa shape index (κ3) is 3.00. The third-order valence-electron chi connectivity index (χ3n) is 3.14. The predicted molar refractivity (Wildman–Crippen MR) is 75.0 cm³/mol. The van der Waals surface area contributed by atoms with Gasteiger partial charge in [0.25, 0.3) is 5.69 Å². The number of nitrogens with zero attached hydrogens (tertiary/aromatic N) is 1. The third-order valence-corrected chi connectivity index (χ3v) is 3.14. The van der Waals surface area contributed by atoms with Gasteiger partial charge >= 0.3 is 0 Å². The lowest BCUT2D eigenvalue weighted by molar-refractivity contribution is -0.385. The molecule has 2 aromatic rings. The van der Waals surface area contributed by atoms with Crippen molar-refractivity contribution in [2.45, 2.75) is 20.5 Å². The Bertz CT molecular complexity index is 700. The van der Waals surface area contributed by atoms with E-state index >= 15 is 0 Å². The van der Waals surface area contributed by atoms with E-state index in [1.165, 1.54) is 30.3 Å². The molecule has 1 N–H and O–H groups in total. The summed E-state index contributed by atoms with van der Waals surface area (Å²) in [5.74, 6) is 0.0125. The van der Waals surface area contributed by atoms with Crippen LogP contribution in [0.4, 0.5) is 10.1 Å². The number of aliphatic hydroxyl groups is 1. The van der Waals surface area contributed by atoms with Crippen molar-refractivity contribution in [3.63, 3.8) is 0 Å². The van der Waals surface area contributed by atoms with Crippen LogP contribution in [-0.2, 0) is 6.61 Å². The molecule has 2 aromatic carbocycles. The largest absolute Gasteiger partial charge is 0.457 e. The van der Waals surface area contributed by atoms with E-state index in [9.17, 15) is 19.6 Å². The molecule has 0 aliphatic rings. The second-order valence-corrected chi connectivity index (χ2v) is 4.64. The summed E-state index contributed by atoms with van der Waals surface area (Å²) in [7, 11) is 0. The first-order chi connectivity index (χ1) is 9.93. The zero-order valence-corrected chi connectivity index (χ0v) is 11.6. The van der Waals surface area contributed by atoms with Gasteiger partial charge in [0.05, 0.1) is 17.1 Å². The second-order valence-electron chi connectivity index (χ2n) is 4.64. The van der Waals surface area contributed by atoms with E-state index in [1.807, 2.05) is 0 Å². The Labute approximate surface area is 120 Å². The number of ether oxygens (including phenoxy) is 1. The van der Waals surface area contributed by atoms with Gasteiger partial charge < -0.3 is 9.84 Å². The van der Waals surface area contributed by atoms with Gasteiger partial charge in [-0.25, -0.2) is 4.39 Å². The molecular formula is C15H14FNO4. The van der Waals surface area contributed by atoms with Crippen molar-refractivity contribution in [1.29, 1.82) is 0 Å². The molecule has 0 aromatic heterocycles. The van der Waals surface area contributed by atoms with E-state index in [2.05, 4.69) is 0 Å². The number of nitro groups is 1. The maximum Gasteiger partial charge on any atom is 0.272 e. The van der Waals surface area contributed by atoms with Gasteiger partial charge in [-0.2, -0.15) is 0 Å². The van der Waals surface area contributed by atoms with Crippen molar-refractivity contribution in [2.24, 2.45) is 0 Å². The van der Waals surface area contributed by atoms with Gasteiger partial charge in [0.1, 0.15) is 17.3 Å². The molecule has 0 fully saturated rings. The van der Waals surface area contributed by atoms with Crippen LogP contribution < -0.4 is 4.74 Å². The molecular weight excluding hydrogens is 277 g/mol. The number of nitro benzene ring substituents is 1. The zero-order valence-electron chi connectivity index (χ0n) is 11.6. The number of hydrogen-bond donors (Lipinski definition) is 1. The van der Waals surface area contributed by atoms with Crippen molar-refractivity contribution < 1.29 is 19.2 Å². The van der Waals surface area contributed by atoms with Crippen molar-refractivity contribution >= 4 is 5.69 Å². The Hall–Kier alpha value is -2.47. The van der Waals surface area contributed by atoms with Gasteiger partial charge in [0.2, 0.25) is 0 Å². The number of aliphatic hydroxyl groups excluding tert-OH is 1. The Morgan fingerprint density at radius 3 is 2.57 bits per heavy atom. The Morgan fingerprint density at radius 1 is 1.24 bits per heavy atom. The van der Waals surface area contributed by atoms with E-state index in [0.717, 1.165) is 0 Å². The van der Waals surface area contributed by atoms with Gasteiger partial charge in [0, 0.05) is 11.6 Å². The van der Waals surface area contributed by atoms with Gasteiger partial charge in [0.15, 0.2) is 0 Å². The summed E-state index contributed by atoms with van der Waals surface area (Å²) in [6, 6.07) is 7.16. The van der Waals surface area contributed by atoms with Gasteiger partial charge in [-0.1, -0.05) is 6.07 Å².